The predicted molar refractivity (Wildman–Crippen MR) is 41.6 cm³/mol. The summed E-state index contributed by atoms with van der Waals surface area (Å²) >= 11 is 0. The van der Waals surface area contributed by atoms with E-state index in [-0.39, 0.29) is 18.4 Å². The fourth-order valence-electron chi connectivity index (χ4n) is 1.33. The van der Waals surface area contributed by atoms with Gasteiger partial charge in [-0.2, -0.15) is 0 Å². The van der Waals surface area contributed by atoms with Gasteiger partial charge >= 0.3 is 5.97 Å². The van der Waals surface area contributed by atoms with Gasteiger partial charge in [-0.15, -0.1) is 12.4 Å². The second kappa shape index (κ2) is 3.90. The maximum Gasteiger partial charge on any atom is 0.308 e. The molecule has 0 aromatic carbocycles. The number of aliphatic hydroxyl groups excluding tert-OH is 1. The summed E-state index contributed by atoms with van der Waals surface area (Å²) in [5.74, 6) is -1.45. The molecular formula is C6H12ClNO3. The van der Waals surface area contributed by atoms with E-state index in [1.165, 1.54) is 0 Å². The minimum absolute atomic E-state index is 0. The summed E-state index contributed by atoms with van der Waals surface area (Å²) in [6.07, 6.45) is 0.198. The number of aliphatic carboxylic acids is 1. The molecule has 5 heteroatoms. The Labute approximate surface area is 70.8 Å². The van der Waals surface area contributed by atoms with E-state index in [9.17, 15) is 4.79 Å². The number of nitrogens with two attached hydrogens (primary N) is 1. The minimum Gasteiger partial charge on any atom is -0.481 e. The van der Waals surface area contributed by atoms with Gasteiger partial charge in [0.2, 0.25) is 0 Å². The van der Waals surface area contributed by atoms with Gasteiger partial charge in [-0.1, -0.05) is 0 Å². The van der Waals surface area contributed by atoms with Crippen LogP contribution in [0.25, 0.3) is 0 Å². The third-order valence-corrected chi connectivity index (χ3v) is 1.90. The average molecular weight is 182 g/mol. The van der Waals surface area contributed by atoms with Crippen molar-refractivity contribution in [1.82, 2.24) is 0 Å². The summed E-state index contributed by atoms with van der Waals surface area (Å²) < 4.78 is 0. The minimum atomic E-state index is -0.899. The number of aliphatic hydroxyl groups is 1. The smallest absolute Gasteiger partial charge is 0.308 e. The number of hydrogen-bond donors (Lipinski definition) is 3. The highest BCUT2D eigenvalue weighted by atomic mass is 35.5. The van der Waals surface area contributed by atoms with E-state index >= 15 is 0 Å². The molecule has 0 heterocycles. The summed E-state index contributed by atoms with van der Waals surface area (Å²) in [4.78, 5) is 10.4. The summed E-state index contributed by atoms with van der Waals surface area (Å²) in [6.45, 7) is 0. The van der Waals surface area contributed by atoms with Crippen molar-refractivity contribution >= 4 is 18.4 Å². The lowest BCUT2D eigenvalue weighted by Crippen LogP contribution is -2.30. The quantitative estimate of drug-likeness (QED) is 0.514. The Morgan fingerprint density at radius 2 is 2.00 bits per heavy atom. The molecule has 1 rings (SSSR count). The van der Waals surface area contributed by atoms with Gasteiger partial charge in [-0.3, -0.25) is 4.79 Å². The number of carboxylic acid groups (broad SMARTS) is 1. The van der Waals surface area contributed by atoms with Crippen LogP contribution in [0, 0.1) is 5.92 Å². The first-order valence-corrected chi connectivity index (χ1v) is 3.27. The number of rotatable bonds is 1. The van der Waals surface area contributed by atoms with Gasteiger partial charge in [0.15, 0.2) is 0 Å². The number of hydrogen-bond acceptors (Lipinski definition) is 3. The van der Waals surface area contributed by atoms with Crippen molar-refractivity contribution in [2.24, 2.45) is 11.7 Å². The zero-order valence-corrected chi connectivity index (χ0v) is 6.75. The second-order valence-electron chi connectivity index (χ2n) is 2.73. The predicted octanol–water partition coefficient (Wildman–Crippen LogP) is -0.409. The maximum absolute atomic E-state index is 10.4. The third kappa shape index (κ3) is 2.32. The Morgan fingerprint density at radius 1 is 1.45 bits per heavy atom. The Balaban J connectivity index is 0.000001000. The van der Waals surface area contributed by atoms with Crippen LogP contribution in [0.4, 0.5) is 0 Å². The largest absolute Gasteiger partial charge is 0.481 e. The van der Waals surface area contributed by atoms with Gasteiger partial charge in [0.1, 0.15) is 0 Å². The van der Waals surface area contributed by atoms with Crippen LogP contribution in [0.15, 0.2) is 0 Å². The fourth-order valence-corrected chi connectivity index (χ4v) is 1.33. The highest BCUT2D eigenvalue weighted by molar-refractivity contribution is 5.85. The normalized spacial score (nSPS) is 36.4. The summed E-state index contributed by atoms with van der Waals surface area (Å²) in [5, 5.41) is 17.5. The second-order valence-corrected chi connectivity index (χ2v) is 2.73. The lowest BCUT2D eigenvalue weighted by molar-refractivity contribution is -0.142. The van der Waals surface area contributed by atoms with E-state index in [4.69, 9.17) is 15.9 Å². The van der Waals surface area contributed by atoms with Crippen LogP contribution < -0.4 is 5.73 Å². The molecule has 0 aliphatic heterocycles. The molecule has 1 aliphatic carbocycles. The van der Waals surface area contributed by atoms with Gasteiger partial charge in [-0.25, -0.2) is 0 Å². The third-order valence-electron chi connectivity index (χ3n) is 1.90. The van der Waals surface area contributed by atoms with Gasteiger partial charge in [0, 0.05) is 6.04 Å². The van der Waals surface area contributed by atoms with Crippen molar-refractivity contribution < 1.29 is 15.0 Å². The van der Waals surface area contributed by atoms with Crippen molar-refractivity contribution in [3.63, 3.8) is 0 Å². The van der Waals surface area contributed by atoms with E-state index in [0.717, 1.165) is 0 Å². The SMILES string of the molecule is Cl.N[C@@H]1C[C@H](O)C[C@@H]1C(=O)O. The zero-order chi connectivity index (χ0) is 7.72. The Kier molecular flexibility index (Phi) is 3.78. The molecule has 4 nitrogen and oxygen atoms in total. The van der Waals surface area contributed by atoms with Crippen LogP contribution in [-0.4, -0.2) is 28.3 Å². The highest BCUT2D eigenvalue weighted by Gasteiger charge is 2.35. The topological polar surface area (TPSA) is 83.5 Å². The maximum atomic E-state index is 10.4. The molecule has 0 aromatic rings. The molecular weight excluding hydrogens is 170 g/mol. The van der Waals surface area contributed by atoms with Gasteiger partial charge < -0.3 is 15.9 Å². The molecule has 0 bridgehead atoms. The van der Waals surface area contributed by atoms with Crippen LogP contribution in [-0.2, 0) is 4.79 Å². The average Bonchev–Trinajstić information content (AvgIpc) is 2.10. The van der Waals surface area contributed by atoms with E-state index in [2.05, 4.69) is 0 Å². The molecule has 0 unspecified atom stereocenters. The molecule has 3 atom stereocenters. The van der Waals surface area contributed by atoms with Crippen LogP contribution in [0.3, 0.4) is 0 Å². The first kappa shape index (κ1) is 10.7. The standard InChI is InChI=1S/C6H11NO3.ClH/c7-5-2-3(8)1-4(5)6(9)10;/h3-5,8H,1-2,7H2,(H,9,10);1H/t3-,4+,5-;/m1./s1. The van der Waals surface area contributed by atoms with Crippen molar-refractivity contribution in [1.29, 1.82) is 0 Å². The van der Waals surface area contributed by atoms with E-state index in [1.807, 2.05) is 0 Å². The zero-order valence-electron chi connectivity index (χ0n) is 5.93. The van der Waals surface area contributed by atoms with Crippen LogP contribution in [0.2, 0.25) is 0 Å². The molecule has 1 saturated carbocycles. The number of carboxylic acids is 1. The number of halogens is 1. The molecule has 4 N–H and O–H groups in total. The first-order valence-electron chi connectivity index (χ1n) is 3.27. The van der Waals surface area contributed by atoms with Crippen molar-refractivity contribution in [3.05, 3.63) is 0 Å². The fraction of sp³-hybridized carbons (Fsp3) is 0.833. The van der Waals surface area contributed by atoms with Crippen molar-refractivity contribution in [2.45, 2.75) is 25.0 Å². The molecule has 0 spiro atoms. The Hall–Kier alpha value is -0.320. The molecule has 11 heavy (non-hydrogen) atoms. The van der Waals surface area contributed by atoms with E-state index < -0.39 is 18.0 Å². The van der Waals surface area contributed by atoms with Crippen molar-refractivity contribution in [3.8, 4) is 0 Å². The molecule has 66 valence electrons. The summed E-state index contributed by atoms with van der Waals surface area (Å²) in [6, 6.07) is -0.368. The molecule has 0 radical (unpaired) electrons. The monoisotopic (exact) mass is 181 g/mol. The van der Waals surface area contributed by atoms with Gasteiger partial charge in [0.25, 0.3) is 0 Å². The highest BCUT2D eigenvalue weighted by Crippen LogP contribution is 2.24. The summed E-state index contributed by atoms with van der Waals surface area (Å²) in [7, 11) is 0. The molecule has 0 aromatic heterocycles. The Bertz CT molecular complexity index is 153. The molecule has 1 aliphatic rings. The van der Waals surface area contributed by atoms with Crippen LogP contribution in [0.1, 0.15) is 12.8 Å². The van der Waals surface area contributed by atoms with Crippen LogP contribution >= 0.6 is 12.4 Å². The van der Waals surface area contributed by atoms with Gasteiger partial charge in [0.05, 0.1) is 12.0 Å². The lowest BCUT2D eigenvalue weighted by Gasteiger charge is -2.07. The van der Waals surface area contributed by atoms with E-state index in [1.54, 1.807) is 0 Å². The summed E-state index contributed by atoms with van der Waals surface area (Å²) in [5.41, 5.74) is 5.43. The number of carbonyl (C=O) groups is 1. The lowest BCUT2D eigenvalue weighted by atomic mass is 10.1. The molecule has 0 amide bonds. The molecule has 1 fully saturated rings. The van der Waals surface area contributed by atoms with Gasteiger partial charge in [-0.05, 0) is 12.8 Å². The Morgan fingerprint density at radius 3 is 2.18 bits per heavy atom. The van der Waals surface area contributed by atoms with Crippen molar-refractivity contribution in [2.75, 3.05) is 0 Å². The molecule has 0 saturated heterocycles. The van der Waals surface area contributed by atoms with Crippen LogP contribution in [0.5, 0.6) is 0 Å². The first-order chi connectivity index (χ1) is 4.61. The van der Waals surface area contributed by atoms with E-state index in [0.29, 0.717) is 12.8 Å².